The number of ether oxygens (including phenoxy) is 1. The minimum atomic E-state index is -0.677. The molecule has 1 amide bonds. The first-order valence-corrected chi connectivity index (χ1v) is 8.09. The molecule has 1 atom stereocenters. The van der Waals surface area contributed by atoms with Gasteiger partial charge in [-0.25, -0.2) is 4.98 Å². The zero-order valence-electron chi connectivity index (χ0n) is 15.0. The van der Waals surface area contributed by atoms with E-state index in [2.05, 4.69) is 20.4 Å². The molecule has 0 bridgehead atoms. The van der Waals surface area contributed by atoms with Crippen LogP contribution in [0.5, 0.6) is 5.75 Å². The predicted molar refractivity (Wildman–Crippen MR) is 94.9 cm³/mol. The summed E-state index contributed by atoms with van der Waals surface area (Å²) in [6, 6.07) is 7.74. The third-order valence-corrected chi connectivity index (χ3v) is 3.86. The lowest BCUT2D eigenvalue weighted by Crippen LogP contribution is -2.30. The SMILES string of the molecule is Cc1ccc(OC(C)C(=O)Nc2nc3nc(C)cc(C)n3n2)c(C)c1. The molecule has 1 aromatic carbocycles. The van der Waals surface area contributed by atoms with Gasteiger partial charge in [-0.15, -0.1) is 5.10 Å². The van der Waals surface area contributed by atoms with Crippen LogP contribution in [-0.4, -0.2) is 31.6 Å². The van der Waals surface area contributed by atoms with Crippen LogP contribution in [-0.2, 0) is 4.79 Å². The number of carbonyl (C=O) groups is 1. The van der Waals surface area contributed by atoms with Crippen LogP contribution in [0.2, 0.25) is 0 Å². The number of hydrogen-bond donors (Lipinski definition) is 1. The molecule has 1 N–H and O–H groups in total. The second kappa shape index (κ2) is 6.51. The van der Waals surface area contributed by atoms with E-state index in [0.717, 1.165) is 22.5 Å². The van der Waals surface area contributed by atoms with E-state index in [-0.39, 0.29) is 11.9 Å². The number of anilines is 1. The molecule has 25 heavy (non-hydrogen) atoms. The topological polar surface area (TPSA) is 81.4 Å². The second-order valence-corrected chi connectivity index (χ2v) is 6.20. The number of nitrogens with zero attached hydrogens (tertiary/aromatic N) is 4. The fraction of sp³-hybridized carbons (Fsp3) is 0.333. The van der Waals surface area contributed by atoms with Crippen molar-refractivity contribution in [3.05, 3.63) is 46.8 Å². The molecule has 0 aliphatic heterocycles. The van der Waals surface area contributed by atoms with Crippen LogP contribution in [0.15, 0.2) is 24.3 Å². The molecule has 0 aliphatic rings. The molecule has 130 valence electrons. The first kappa shape index (κ1) is 16.9. The van der Waals surface area contributed by atoms with Gasteiger partial charge in [-0.3, -0.25) is 10.1 Å². The zero-order valence-corrected chi connectivity index (χ0v) is 15.0. The van der Waals surface area contributed by atoms with Crippen molar-refractivity contribution in [2.75, 3.05) is 5.32 Å². The minimum absolute atomic E-state index is 0.210. The minimum Gasteiger partial charge on any atom is -0.481 e. The third kappa shape index (κ3) is 3.60. The molecule has 0 radical (unpaired) electrons. The number of benzene rings is 1. The van der Waals surface area contributed by atoms with Gasteiger partial charge >= 0.3 is 0 Å². The summed E-state index contributed by atoms with van der Waals surface area (Å²) >= 11 is 0. The van der Waals surface area contributed by atoms with Gasteiger partial charge in [-0.05, 0) is 52.3 Å². The highest BCUT2D eigenvalue weighted by atomic mass is 16.5. The van der Waals surface area contributed by atoms with Crippen molar-refractivity contribution in [1.82, 2.24) is 19.6 Å². The Hall–Kier alpha value is -2.96. The molecule has 0 saturated heterocycles. The highest BCUT2D eigenvalue weighted by Crippen LogP contribution is 2.20. The Morgan fingerprint density at radius 3 is 2.64 bits per heavy atom. The van der Waals surface area contributed by atoms with Gasteiger partial charge in [-0.2, -0.15) is 9.50 Å². The van der Waals surface area contributed by atoms with E-state index in [4.69, 9.17) is 4.74 Å². The van der Waals surface area contributed by atoms with Gasteiger partial charge in [0.15, 0.2) is 6.10 Å². The molecule has 0 saturated carbocycles. The van der Waals surface area contributed by atoms with Gasteiger partial charge in [-0.1, -0.05) is 17.7 Å². The Morgan fingerprint density at radius 1 is 1.16 bits per heavy atom. The molecule has 3 rings (SSSR count). The quantitative estimate of drug-likeness (QED) is 0.790. The van der Waals surface area contributed by atoms with Crippen LogP contribution in [0.25, 0.3) is 5.78 Å². The first-order chi connectivity index (χ1) is 11.8. The highest BCUT2D eigenvalue weighted by Gasteiger charge is 2.18. The first-order valence-electron chi connectivity index (χ1n) is 8.09. The van der Waals surface area contributed by atoms with E-state index in [0.29, 0.717) is 11.5 Å². The molecule has 0 spiro atoms. The van der Waals surface area contributed by atoms with Crippen molar-refractivity contribution in [1.29, 1.82) is 0 Å². The molecule has 2 aromatic heterocycles. The smallest absolute Gasteiger partial charge is 0.267 e. The summed E-state index contributed by atoms with van der Waals surface area (Å²) < 4.78 is 7.36. The Balaban J connectivity index is 1.74. The van der Waals surface area contributed by atoms with Crippen LogP contribution in [0.3, 0.4) is 0 Å². The van der Waals surface area contributed by atoms with Gasteiger partial charge in [0.25, 0.3) is 17.6 Å². The number of aromatic nitrogens is 4. The van der Waals surface area contributed by atoms with Crippen molar-refractivity contribution in [3.8, 4) is 5.75 Å². The van der Waals surface area contributed by atoms with Crippen LogP contribution in [0.4, 0.5) is 5.95 Å². The summed E-state index contributed by atoms with van der Waals surface area (Å²) in [4.78, 5) is 20.9. The Morgan fingerprint density at radius 2 is 1.92 bits per heavy atom. The monoisotopic (exact) mass is 339 g/mol. The molecular formula is C18H21N5O2. The Bertz CT molecular complexity index is 948. The third-order valence-electron chi connectivity index (χ3n) is 3.86. The summed E-state index contributed by atoms with van der Waals surface area (Å²) in [5.74, 6) is 1.03. The molecule has 0 aliphatic carbocycles. The van der Waals surface area contributed by atoms with Crippen LogP contribution in [0, 0.1) is 27.7 Å². The lowest BCUT2D eigenvalue weighted by atomic mass is 10.1. The van der Waals surface area contributed by atoms with Crippen molar-refractivity contribution in [2.45, 2.75) is 40.7 Å². The number of aryl methyl sites for hydroxylation is 4. The van der Waals surface area contributed by atoms with E-state index in [1.54, 1.807) is 11.4 Å². The van der Waals surface area contributed by atoms with Gasteiger partial charge in [0.2, 0.25) is 0 Å². The molecule has 1 unspecified atom stereocenters. The largest absolute Gasteiger partial charge is 0.481 e. The lowest BCUT2D eigenvalue weighted by Gasteiger charge is -2.15. The number of fused-ring (bicyclic) bond motifs is 1. The molecule has 3 aromatic rings. The van der Waals surface area contributed by atoms with Gasteiger partial charge in [0.05, 0.1) is 0 Å². The maximum absolute atomic E-state index is 12.4. The standard InChI is InChI=1S/C18H21N5O2/c1-10-6-7-15(11(2)8-10)25-14(5)16(24)20-17-21-18-19-12(3)9-13(4)23(18)22-17/h6-9,14H,1-5H3,(H,20,22,24). The fourth-order valence-electron chi connectivity index (χ4n) is 2.61. The maximum Gasteiger partial charge on any atom is 0.267 e. The van der Waals surface area contributed by atoms with Crippen molar-refractivity contribution >= 4 is 17.6 Å². The van der Waals surface area contributed by atoms with Crippen molar-refractivity contribution < 1.29 is 9.53 Å². The fourth-order valence-corrected chi connectivity index (χ4v) is 2.61. The molecule has 0 fully saturated rings. The van der Waals surface area contributed by atoms with E-state index in [1.807, 2.05) is 52.0 Å². The number of hydrogen-bond acceptors (Lipinski definition) is 5. The summed E-state index contributed by atoms with van der Waals surface area (Å²) in [6.45, 7) is 9.46. The molecule has 7 nitrogen and oxygen atoms in total. The van der Waals surface area contributed by atoms with Gasteiger partial charge in [0, 0.05) is 11.4 Å². The summed E-state index contributed by atoms with van der Waals surface area (Å²) in [7, 11) is 0. The second-order valence-electron chi connectivity index (χ2n) is 6.20. The number of carbonyl (C=O) groups excluding carboxylic acids is 1. The lowest BCUT2D eigenvalue weighted by molar-refractivity contribution is -0.122. The normalized spacial score (nSPS) is 12.2. The van der Waals surface area contributed by atoms with Gasteiger partial charge < -0.3 is 4.74 Å². The highest BCUT2D eigenvalue weighted by molar-refractivity contribution is 5.92. The number of rotatable bonds is 4. The van der Waals surface area contributed by atoms with Crippen LogP contribution in [0.1, 0.15) is 29.4 Å². The van der Waals surface area contributed by atoms with E-state index in [1.165, 1.54) is 0 Å². The van der Waals surface area contributed by atoms with Gasteiger partial charge in [0.1, 0.15) is 5.75 Å². The summed E-state index contributed by atoms with van der Waals surface area (Å²) in [5, 5.41) is 6.95. The summed E-state index contributed by atoms with van der Waals surface area (Å²) in [6.07, 6.45) is -0.677. The van der Waals surface area contributed by atoms with Crippen molar-refractivity contribution in [2.24, 2.45) is 0 Å². The Labute approximate surface area is 146 Å². The average Bonchev–Trinajstić information content (AvgIpc) is 2.92. The average molecular weight is 339 g/mol. The van der Waals surface area contributed by atoms with E-state index >= 15 is 0 Å². The predicted octanol–water partition coefficient (Wildman–Crippen LogP) is 2.76. The molecular weight excluding hydrogens is 318 g/mol. The number of nitrogens with one attached hydrogen (secondary N) is 1. The number of amides is 1. The van der Waals surface area contributed by atoms with E-state index < -0.39 is 6.10 Å². The molecule has 7 heteroatoms. The van der Waals surface area contributed by atoms with Crippen LogP contribution >= 0.6 is 0 Å². The summed E-state index contributed by atoms with van der Waals surface area (Å²) in [5.41, 5.74) is 3.88. The molecule has 2 heterocycles. The maximum atomic E-state index is 12.4. The Kier molecular flexibility index (Phi) is 4.39. The van der Waals surface area contributed by atoms with E-state index in [9.17, 15) is 4.79 Å². The zero-order chi connectivity index (χ0) is 18.1. The van der Waals surface area contributed by atoms with Crippen LogP contribution < -0.4 is 10.1 Å². The van der Waals surface area contributed by atoms with Crippen molar-refractivity contribution in [3.63, 3.8) is 0 Å².